The molecule has 0 bridgehead atoms. The van der Waals surface area contributed by atoms with Crippen LogP contribution >= 0.6 is 0 Å². The molecule has 0 saturated carbocycles. The molecule has 0 aliphatic carbocycles. The molecule has 2 aromatic rings. The van der Waals surface area contributed by atoms with Crippen LogP contribution < -0.4 is 10.1 Å². The van der Waals surface area contributed by atoms with E-state index < -0.39 is 23.8 Å². The number of halogens is 1. The SMILES string of the molecule is COc1ccc(CNC(=O)[C@@H](C)OC(=O)c2ccccc2F)cc1. The Morgan fingerprint density at radius 1 is 1.12 bits per heavy atom. The third-order valence-electron chi connectivity index (χ3n) is 3.37. The number of carbonyl (C=O) groups is 2. The first kappa shape index (κ1) is 17.5. The maximum absolute atomic E-state index is 13.5. The third kappa shape index (κ3) is 4.55. The molecule has 0 fully saturated rings. The minimum Gasteiger partial charge on any atom is -0.497 e. The second-order valence-corrected chi connectivity index (χ2v) is 5.09. The van der Waals surface area contributed by atoms with Crippen molar-refractivity contribution in [2.45, 2.75) is 19.6 Å². The zero-order valence-electron chi connectivity index (χ0n) is 13.4. The quantitative estimate of drug-likeness (QED) is 0.827. The van der Waals surface area contributed by atoms with E-state index in [4.69, 9.17) is 9.47 Å². The minimum absolute atomic E-state index is 0.202. The summed E-state index contributed by atoms with van der Waals surface area (Å²) in [6.45, 7) is 1.71. The van der Waals surface area contributed by atoms with Crippen LogP contribution in [0.15, 0.2) is 48.5 Å². The van der Waals surface area contributed by atoms with Crippen LogP contribution in [0.25, 0.3) is 0 Å². The zero-order chi connectivity index (χ0) is 17.5. The van der Waals surface area contributed by atoms with Gasteiger partial charge in [-0.25, -0.2) is 9.18 Å². The first-order valence-electron chi connectivity index (χ1n) is 7.37. The highest BCUT2D eigenvalue weighted by atomic mass is 19.1. The number of carbonyl (C=O) groups excluding carboxylic acids is 2. The third-order valence-corrected chi connectivity index (χ3v) is 3.37. The van der Waals surface area contributed by atoms with Gasteiger partial charge in [0.15, 0.2) is 6.10 Å². The number of hydrogen-bond donors (Lipinski definition) is 1. The normalized spacial score (nSPS) is 11.5. The van der Waals surface area contributed by atoms with Gasteiger partial charge in [0.2, 0.25) is 0 Å². The predicted octanol–water partition coefficient (Wildman–Crippen LogP) is 2.70. The van der Waals surface area contributed by atoms with Gasteiger partial charge in [-0.2, -0.15) is 0 Å². The van der Waals surface area contributed by atoms with Gasteiger partial charge in [-0.05, 0) is 36.8 Å². The maximum atomic E-state index is 13.5. The van der Waals surface area contributed by atoms with Gasteiger partial charge in [0.05, 0.1) is 12.7 Å². The Balaban J connectivity index is 1.87. The van der Waals surface area contributed by atoms with Crippen LogP contribution in [0.1, 0.15) is 22.8 Å². The molecule has 0 spiro atoms. The second kappa shape index (κ2) is 8.10. The first-order chi connectivity index (χ1) is 11.5. The summed E-state index contributed by atoms with van der Waals surface area (Å²) in [4.78, 5) is 23.9. The summed E-state index contributed by atoms with van der Waals surface area (Å²) in [5, 5.41) is 2.66. The van der Waals surface area contributed by atoms with Crippen LogP contribution in [0.4, 0.5) is 4.39 Å². The predicted molar refractivity (Wildman–Crippen MR) is 86.1 cm³/mol. The number of hydrogen-bond acceptors (Lipinski definition) is 4. The van der Waals surface area contributed by atoms with Crippen LogP contribution in [0.2, 0.25) is 0 Å². The molecular formula is C18H18FNO4. The molecule has 126 valence electrons. The summed E-state index contributed by atoms with van der Waals surface area (Å²) in [5.74, 6) is -1.30. The highest BCUT2D eigenvalue weighted by Crippen LogP contribution is 2.12. The summed E-state index contributed by atoms with van der Waals surface area (Å²) in [6, 6.07) is 12.6. The van der Waals surface area contributed by atoms with E-state index in [1.165, 1.54) is 25.1 Å². The Morgan fingerprint density at radius 3 is 2.42 bits per heavy atom. The van der Waals surface area contributed by atoms with E-state index in [1.807, 2.05) is 12.1 Å². The van der Waals surface area contributed by atoms with Crippen LogP contribution in [-0.4, -0.2) is 25.1 Å². The fraction of sp³-hybridized carbons (Fsp3) is 0.222. The molecule has 1 N–H and O–H groups in total. The molecule has 5 nitrogen and oxygen atoms in total. The molecule has 0 saturated heterocycles. The Labute approximate surface area is 139 Å². The van der Waals surface area contributed by atoms with Gasteiger partial charge < -0.3 is 14.8 Å². The lowest BCUT2D eigenvalue weighted by Gasteiger charge is -2.14. The van der Waals surface area contributed by atoms with E-state index in [1.54, 1.807) is 19.2 Å². The number of ether oxygens (including phenoxy) is 2. The molecule has 0 aromatic heterocycles. The fourth-order valence-electron chi connectivity index (χ4n) is 1.98. The summed E-state index contributed by atoms with van der Waals surface area (Å²) < 4.78 is 23.6. The largest absolute Gasteiger partial charge is 0.497 e. The van der Waals surface area contributed by atoms with Gasteiger partial charge in [0, 0.05) is 6.54 Å². The minimum atomic E-state index is -1.03. The highest BCUT2D eigenvalue weighted by molar-refractivity contribution is 5.92. The first-order valence-corrected chi connectivity index (χ1v) is 7.37. The molecule has 0 aliphatic rings. The molecule has 0 radical (unpaired) electrons. The van der Waals surface area contributed by atoms with Gasteiger partial charge in [0.1, 0.15) is 11.6 Å². The number of esters is 1. The van der Waals surface area contributed by atoms with E-state index in [2.05, 4.69) is 5.32 Å². The van der Waals surface area contributed by atoms with Gasteiger partial charge in [-0.3, -0.25) is 4.79 Å². The standard InChI is InChI=1S/C18H18FNO4/c1-12(24-18(22)15-5-3-4-6-16(15)19)17(21)20-11-13-7-9-14(23-2)10-8-13/h3-10,12H,11H2,1-2H3,(H,20,21)/t12-/m1/s1. The Bertz CT molecular complexity index is 715. The van der Waals surface area contributed by atoms with E-state index in [0.717, 1.165) is 17.4 Å². The number of rotatable bonds is 6. The molecule has 0 aliphatic heterocycles. The average Bonchev–Trinajstić information content (AvgIpc) is 2.60. The summed E-state index contributed by atoms with van der Waals surface area (Å²) >= 11 is 0. The van der Waals surface area contributed by atoms with Gasteiger partial charge in [-0.1, -0.05) is 24.3 Å². The molecule has 1 amide bonds. The lowest BCUT2D eigenvalue weighted by molar-refractivity contribution is -0.129. The number of methoxy groups -OCH3 is 1. The van der Waals surface area contributed by atoms with Crippen LogP contribution in [0.3, 0.4) is 0 Å². The Kier molecular flexibility index (Phi) is 5.89. The van der Waals surface area contributed by atoms with Crippen LogP contribution in [0.5, 0.6) is 5.75 Å². The number of nitrogens with one attached hydrogen (secondary N) is 1. The van der Waals surface area contributed by atoms with Crippen molar-refractivity contribution in [3.8, 4) is 5.75 Å². The number of amides is 1. The van der Waals surface area contributed by atoms with E-state index >= 15 is 0 Å². The van der Waals surface area contributed by atoms with E-state index in [9.17, 15) is 14.0 Å². The lowest BCUT2D eigenvalue weighted by atomic mass is 10.2. The monoisotopic (exact) mass is 331 g/mol. The fourth-order valence-corrected chi connectivity index (χ4v) is 1.98. The second-order valence-electron chi connectivity index (χ2n) is 5.09. The van der Waals surface area contributed by atoms with E-state index in [-0.39, 0.29) is 12.1 Å². The lowest BCUT2D eigenvalue weighted by Crippen LogP contribution is -2.35. The Hall–Kier alpha value is -2.89. The molecule has 0 heterocycles. The summed E-state index contributed by atoms with van der Waals surface area (Å²) in [6.07, 6.45) is -1.03. The van der Waals surface area contributed by atoms with Crippen LogP contribution in [0, 0.1) is 5.82 Å². The van der Waals surface area contributed by atoms with Crippen molar-refractivity contribution in [1.82, 2.24) is 5.32 Å². The molecule has 0 unspecified atom stereocenters. The van der Waals surface area contributed by atoms with E-state index in [0.29, 0.717) is 0 Å². The summed E-state index contributed by atoms with van der Waals surface area (Å²) in [5.41, 5.74) is 0.670. The molecule has 24 heavy (non-hydrogen) atoms. The van der Waals surface area contributed by atoms with Gasteiger partial charge >= 0.3 is 5.97 Å². The molecule has 6 heteroatoms. The smallest absolute Gasteiger partial charge is 0.341 e. The van der Waals surface area contributed by atoms with Gasteiger partial charge in [-0.15, -0.1) is 0 Å². The van der Waals surface area contributed by atoms with Crippen molar-refractivity contribution < 1.29 is 23.5 Å². The van der Waals surface area contributed by atoms with Crippen LogP contribution in [-0.2, 0) is 16.1 Å². The zero-order valence-corrected chi connectivity index (χ0v) is 13.4. The molecule has 1 atom stereocenters. The van der Waals surface area contributed by atoms with Gasteiger partial charge in [0.25, 0.3) is 5.91 Å². The maximum Gasteiger partial charge on any atom is 0.341 e. The molecule has 2 rings (SSSR count). The average molecular weight is 331 g/mol. The van der Waals surface area contributed by atoms with Crippen molar-refractivity contribution in [2.75, 3.05) is 7.11 Å². The van der Waals surface area contributed by atoms with Crippen molar-refractivity contribution >= 4 is 11.9 Å². The topological polar surface area (TPSA) is 64.6 Å². The highest BCUT2D eigenvalue weighted by Gasteiger charge is 2.20. The Morgan fingerprint density at radius 2 is 1.79 bits per heavy atom. The number of benzene rings is 2. The van der Waals surface area contributed by atoms with Crippen molar-refractivity contribution in [3.05, 3.63) is 65.5 Å². The summed E-state index contributed by atoms with van der Waals surface area (Å²) in [7, 11) is 1.57. The van der Waals surface area contributed by atoms with Crippen molar-refractivity contribution in [1.29, 1.82) is 0 Å². The molecular weight excluding hydrogens is 313 g/mol. The van der Waals surface area contributed by atoms with Crippen molar-refractivity contribution in [3.63, 3.8) is 0 Å². The van der Waals surface area contributed by atoms with Crippen molar-refractivity contribution in [2.24, 2.45) is 0 Å². The molecule has 2 aromatic carbocycles.